The summed E-state index contributed by atoms with van der Waals surface area (Å²) < 4.78 is 26.9. The van der Waals surface area contributed by atoms with Crippen molar-refractivity contribution >= 4 is 17.5 Å². The lowest BCUT2D eigenvalue weighted by molar-refractivity contribution is 0.0996. The van der Waals surface area contributed by atoms with Crippen LogP contribution in [-0.2, 0) is 13.0 Å². The number of rotatable bonds is 6. The molecular formula is C23H21FN6O3. The molecule has 0 aliphatic carbocycles. The van der Waals surface area contributed by atoms with Gasteiger partial charge in [-0.2, -0.15) is 0 Å². The number of imidazole rings is 1. The zero-order valence-electron chi connectivity index (χ0n) is 18.1. The zero-order chi connectivity index (χ0) is 23.1. The highest BCUT2D eigenvalue weighted by Gasteiger charge is 2.21. The average Bonchev–Trinajstić information content (AvgIpc) is 3.46. The number of anilines is 1. The number of amides is 1. The third-order valence-corrected chi connectivity index (χ3v) is 5.69. The lowest BCUT2D eigenvalue weighted by Crippen LogP contribution is -2.11. The largest absolute Gasteiger partial charge is 0.493 e. The van der Waals surface area contributed by atoms with E-state index in [-0.39, 0.29) is 18.1 Å². The molecule has 33 heavy (non-hydrogen) atoms. The molecule has 3 N–H and O–H groups in total. The summed E-state index contributed by atoms with van der Waals surface area (Å²) >= 11 is 0. The van der Waals surface area contributed by atoms with Crippen molar-refractivity contribution in [3.63, 3.8) is 0 Å². The van der Waals surface area contributed by atoms with Gasteiger partial charge in [0.2, 0.25) is 11.8 Å². The fourth-order valence-electron chi connectivity index (χ4n) is 4.01. The molecule has 1 aromatic carbocycles. The number of nitrogens with two attached hydrogens (primary N) is 1. The molecule has 3 aromatic heterocycles. The van der Waals surface area contributed by atoms with Crippen LogP contribution in [-0.4, -0.2) is 39.0 Å². The molecule has 1 amide bonds. The second kappa shape index (κ2) is 8.05. The number of nitrogens with zero attached hydrogens (tertiary/aromatic N) is 4. The maximum absolute atomic E-state index is 14.5. The minimum absolute atomic E-state index is 0.0895. The molecule has 0 spiro atoms. The topological polar surface area (TPSA) is 117 Å². The van der Waals surface area contributed by atoms with Crippen LogP contribution in [0.1, 0.15) is 27.2 Å². The minimum Gasteiger partial charge on any atom is -0.493 e. The van der Waals surface area contributed by atoms with Crippen LogP contribution in [0.25, 0.3) is 16.8 Å². The van der Waals surface area contributed by atoms with Gasteiger partial charge in [-0.1, -0.05) is 0 Å². The minimum atomic E-state index is -0.663. The molecule has 5 rings (SSSR count). The highest BCUT2D eigenvalue weighted by Crippen LogP contribution is 2.32. The molecule has 10 heteroatoms. The van der Waals surface area contributed by atoms with Gasteiger partial charge in [0.1, 0.15) is 22.9 Å². The average molecular weight is 448 g/mol. The van der Waals surface area contributed by atoms with E-state index in [1.807, 2.05) is 6.92 Å². The van der Waals surface area contributed by atoms with E-state index in [0.29, 0.717) is 47.4 Å². The number of benzene rings is 1. The number of carbonyl (C=O) groups is 1. The van der Waals surface area contributed by atoms with Crippen molar-refractivity contribution in [1.82, 2.24) is 19.4 Å². The first kappa shape index (κ1) is 20.7. The SMILES string of the molecule is COc1cc(C)c(-c2cnc(NCc3c(F)ccc4c3CCO4)n3cc(C(N)=O)nc23)cn1. The van der Waals surface area contributed by atoms with Gasteiger partial charge in [0, 0.05) is 59.9 Å². The third-order valence-electron chi connectivity index (χ3n) is 5.69. The number of aromatic nitrogens is 4. The number of pyridine rings is 1. The first-order chi connectivity index (χ1) is 16.0. The molecule has 0 saturated carbocycles. The van der Waals surface area contributed by atoms with Crippen LogP contribution in [0, 0.1) is 12.7 Å². The predicted molar refractivity (Wildman–Crippen MR) is 119 cm³/mol. The van der Waals surface area contributed by atoms with Crippen molar-refractivity contribution < 1.29 is 18.7 Å². The van der Waals surface area contributed by atoms with Gasteiger partial charge in [0.25, 0.3) is 5.91 Å². The Morgan fingerprint density at radius 1 is 1.30 bits per heavy atom. The Hall–Kier alpha value is -4.21. The summed E-state index contributed by atoms with van der Waals surface area (Å²) in [6.45, 7) is 2.63. The van der Waals surface area contributed by atoms with Crippen LogP contribution in [0.2, 0.25) is 0 Å². The van der Waals surface area contributed by atoms with E-state index in [0.717, 1.165) is 16.7 Å². The Morgan fingerprint density at radius 2 is 2.12 bits per heavy atom. The Balaban J connectivity index is 1.57. The lowest BCUT2D eigenvalue weighted by Gasteiger charge is -2.13. The second-order valence-electron chi connectivity index (χ2n) is 7.68. The third kappa shape index (κ3) is 3.59. The predicted octanol–water partition coefficient (Wildman–Crippen LogP) is 2.89. The Morgan fingerprint density at radius 3 is 2.88 bits per heavy atom. The summed E-state index contributed by atoms with van der Waals surface area (Å²) in [5, 5.41) is 3.17. The summed E-state index contributed by atoms with van der Waals surface area (Å²) in [6.07, 6.45) is 5.46. The van der Waals surface area contributed by atoms with E-state index in [1.54, 1.807) is 36.0 Å². The molecule has 168 valence electrons. The van der Waals surface area contributed by atoms with Crippen LogP contribution < -0.4 is 20.5 Å². The van der Waals surface area contributed by atoms with Crippen molar-refractivity contribution in [2.24, 2.45) is 5.73 Å². The molecule has 0 unspecified atom stereocenters. The number of primary amides is 1. The van der Waals surface area contributed by atoms with Gasteiger partial charge in [0.15, 0.2) is 0 Å². The molecule has 9 nitrogen and oxygen atoms in total. The highest BCUT2D eigenvalue weighted by molar-refractivity contribution is 5.93. The van der Waals surface area contributed by atoms with E-state index in [9.17, 15) is 9.18 Å². The maximum atomic E-state index is 14.5. The molecule has 0 bridgehead atoms. The number of fused-ring (bicyclic) bond motifs is 2. The monoisotopic (exact) mass is 448 g/mol. The van der Waals surface area contributed by atoms with Gasteiger partial charge in [-0.25, -0.2) is 19.3 Å². The van der Waals surface area contributed by atoms with Gasteiger partial charge in [-0.3, -0.25) is 9.20 Å². The first-order valence-corrected chi connectivity index (χ1v) is 10.3. The number of hydrogen-bond acceptors (Lipinski definition) is 7. The molecule has 0 radical (unpaired) electrons. The van der Waals surface area contributed by atoms with Gasteiger partial charge in [-0.15, -0.1) is 0 Å². The molecule has 0 fully saturated rings. The van der Waals surface area contributed by atoms with E-state index in [2.05, 4.69) is 20.3 Å². The second-order valence-corrected chi connectivity index (χ2v) is 7.68. The lowest BCUT2D eigenvalue weighted by atomic mass is 10.0. The van der Waals surface area contributed by atoms with Crippen LogP contribution in [0.15, 0.2) is 36.8 Å². The smallest absolute Gasteiger partial charge is 0.268 e. The van der Waals surface area contributed by atoms with Crippen molar-refractivity contribution in [2.45, 2.75) is 19.9 Å². The van der Waals surface area contributed by atoms with Crippen molar-refractivity contribution in [3.8, 4) is 22.8 Å². The van der Waals surface area contributed by atoms with Gasteiger partial charge in [0.05, 0.1) is 13.7 Å². The first-order valence-electron chi connectivity index (χ1n) is 10.3. The van der Waals surface area contributed by atoms with Crippen LogP contribution in [0.5, 0.6) is 11.6 Å². The Labute approximate surface area is 188 Å². The number of nitrogens with one attached hydrogen (secondary N) is 1. The Kier molecular flexibility index (Phi) is 5.04. The van der Waals surface area contributed by atoms with E-state index >= 15 is 0 Å². The fourth-order valence-corrected chi connectivity index (χ4v) is 4.01. The van der Waals surface area contributed by atoms with Crippen LogP contribution >= 0.6 is 0 Å². The molecule has 1 aliphatic heterocycles. The van der Waals surface area contributed by atoms with E-state index < -0.39 is 5.91 Å². The summed E-state index contributed by atoms with van der Waals surface area (Å²) in [5.74, 6) is 0.597. The molecule has 0 saturated heterocycles. The van der Waals surface area contributed by atoms with Crippen molar-refractivity contribution in [1.29, 1.82) is 0 Å². The quantitative estimate of drug-likeness (QED) is 0.466. The van der Waals surface area contributed by atoms with Gasteiger partial charge < -0.3 is 20.5 Å². The molecule has 4 heterocycles. The maximum Gasteiger partial charge on any atom is 0.268 e. The molecule has 0 atom stereocenters. The Bertz CT molecular complexity index is 1400. The van der Waals surface area contributed by atoms with Gasteiger partial charge in [-0.05, 0) is 24.6 Å². The zero-order valence-corrected chi connectivity index (χ0v) is 18.1. The summed E-state index contributed by atoms with van der Waals surface area (Å²) in [6, 6.07) is 4.85. The number of aryl methyl sites for hydroxylation is 1. The van der Waals surface area contributed by atoms with Gasteiger partial charge >= 0.3 is 0 Å². The molecule has 1 aliphatic rings. The number of carbonyl (C=O) groups excluding carboxylic acids is 1. The summed E-state index contributed by atoms with van der Waals surface area (Å²) in [5.41, 5.74) is 9.76. The van der Waals surface area contributed by atoms with Crippen LogP contribution in [0.3, 0.4) is 0 Å². The van der Waals surface area contributed by atoms with Crippen molar-refractivity contribution in [3.05, 3.63) is 65.0 Å². The number of halogens is 1. The standard InChI is InChI=1S/C23H21FN6O3/c1-12-7-20(32-2)26-8-14(12)16-10-28-23(30-11-18(21(25)31)29-22(16)30)27-9-15-13-5-6-33-19(13)4-3-17(15)24/h3-4,7-8,10-11H,5-6,9H2,1-2H3,(H2,25,31)(H,27,28). The summed E-state index contributed by atoms with van der Waals surface area (Å²) in [7, 11) is 1.55. The van der Waals surface area contributed by atoms with Crippen molar-refractivity contribution in [2.75, 3.05) is 19.0 Å². The number of hydrogen-bond donors (Lipinski definition) is 2. The van der Waals surface area contributed by atoms with E-state index in [1.165, 1.54) is 12.3 Å². The normalized spacial score (nSPS) is 12.5. The molecule has 4 aromatic rings. The highest BCUT2D eigenvalue weighted by atomic mass is 19.1. The fraction of sp³-hybridized carbons (Fsp3) is 0.217. The van der Waals surface area contributed by atoms with Crippen LogP contribution in [0.4, 0.5) is 10.3 Å². The van der Waals surface area contributed by atoms with E-state index in [4.69, 9.17) is 15.2 Å². The number of ether oxygens (including phenoxy) is 2. The molecular weight excluding hydrogens is 427 g/mol. The number of methoxy groups -OCH3 is 1. The summed E-state index contributed by atoms with van der Waals surface area (Å²) in [4.78, 5) is 25.1.